The largest absolute Gasteiger partial charge is 0.444 e. The molecule has 0 bridgehead atoms. The van der Waals surface area contributed by atoms with Gasteiger partial charge in [-0.2, -0.15) is 0 Å². The van der Waals surface area contributed by atoms with Gasteiger partial charge in [0, 0.05) is 18.3 Å². The molecule has 27 heavy (non-hydrogen) atoms. The summed E-state index contributed by atoms with van der Waals surface area (Å²) in [5.41, 5.74) is 1.10. The van der Waals surface area contributed by atoms with E-state index in [0.717, 1.165) is 11.3 Å². The van der Waals surface area contributed by atoms with E-state index in [1.807, 2.05) is 30.3 Å². The fraction of sp³-hybridized carbons (Fsp3) is 0.421. The summed E-state index contributed by atoms with van der Waals surface area (Å²) >= 11 is 0. The van der Waals surface area contributed by atoms with Gasteiger partial charge in [-0.3, -0.25) is 15.4 Å². The topological polar surface area (TPSA) is 105 Å². The molecule has 0 aliphatic heterocycles. The van der Waals surface area contributed by atoms with Crippen LogP contribution in [-0.2, 0) is 27.3 Å². The Balaban J connectivity index is 1.88. The summed E-state index contributed by atoms with van der Waals surface area (Å²) in [4.78, 5) is 31.2. The summed E-state index contributed by atoms with van der Waals surface area (Å²) < 4.78 is 10.7. The summed E-state index contributed by atoms with van der Waals surface area (Å²) in [5.74, 6) is -0.498. The van der Waals surface area contributed by atoms with E-state index in [1.165, 1.54) is 6.33 Å². The third kappa shape index (κ3) is 8.02. The molecule has 3 N–H and O–H groups in total. The van der Waals surface area contributed by atoms with Crippen molar-refractivity contribution >= 4 is 12.0 Å². The molecule has 8 nitrogen and oxygen atoms in total. The monoisotopic (exact) mass is 374 g/mol. The fourth-order valence-electron chi connectivity index (χ4n) is 2.27. The van der Waals surface area contributed by atoms with Gasteiger partial charge in [0.1, 0.15) is 5.60 Å². The van der Waals surface area contributed by atoms with Gasteiger partial charge in [-0.05, 0) is 26.3 Å². The van der Waals surface area contributed by atoms with Gasteiger partial charge in [-0.15, -0.1) is 0 Å². The van der Waals surface area contributed by atoms with Gasteiger partial charge in [-0.25, -0.2) is 9.78 Å². The van der Waals surface area contributed by atoms with Crippen molar-refractivity contribution in [3.63, 3.8) is 0 Å². The number of hydrogen-bond donors (Lipinski definition) is 3. The highest BCUT2D eigenvalue weighted by molar-refractivity contribution is 5.95. The van der Waals surface area contributed by atoms with Crippen molar-refractivity contribution in [3.05, 3.63) is 54.1 Å². The lowest BCUT2D eigenvalue weighted by Crippen LogP contribution is -2.49. The minimum absolute atomic E-state index is 0.148. The molecule has 146 valence electrons. The van der Waals surface area contributed by atoms with E-state index in [-0.39, 0.29) is 6.73 Å². The van der Waals surface area contributed by atoms with Gasteiger partial charge in [0.2, 0.25) is 5.91 Å². The maximum Gasteiger partial charge on any atom is 0.414 e. The predicted octanol–water partition coefficient (Wildman–Crippen LogP) is 2.14. The number of carbonyl (C=O) groups excluding carboxylic acids is 2. The second kappa shape index (κ2) is 9.84. The number of aromatic nitrogens is 2. The van der Waals surface area contributed by atoms with Crippen LogP contribution in [0.25, 0.3) is 0 Å². The Morgan fingerprint density at radius 3 is 2.59 bits per heavy atom. The number of hydrogen-bond acceptors (Lipinski definition) is 6. The third-order valence-corrected chi connectivity index (χ3v) is 3.46. The zero-order chi connectivity index (χ0) is 19.7. The van der Waals surface area contributed by atoms with Gasteiger partial charge >= 0.3 is 6.09 Å². The Morgan fingerprint density at radius 1 is 1.22 bits per heavy atom. The van der Waals surface area contributed by atoms with E-state index < -0.39 is 23.6 Å². The second-order valence-electron chi connectivity index (χ2n) is 7.01. The Kier molecular flexibility index (Phi) is 7.51. The smallest absolute Gasteiger partial charge is 0.414 e. The first-order valence-corrected chi connectivity index (χ1v) is 8.69. The fourth-order valence-corrected chi connectivity index (χ4v) is 2.27. The molecule has 0 aliphatic rings. The molecule has 0 aliphatic carbocycles. The first-order chi connectivity index (χ1) is 12.8. The van der Waals surface area contributed by atoms with Crippen molar-refractivity contribution < 1.29 is 19.1 Å². The summed E-state index contributed by atoms with van der Waals surface area (Å²) in [5, 5.41) is 5.26. The number of ether oxygens (including phenoxy) is 2. The second-order valence-corrected chi connectivity index (χ2v) is 7.01. The number of H-pyrrole nitrogens is 1. The van der Waals surface area contributed by atoms with Crippen LogP contribution in [0.1, 0.15) is 32.0 Å². The van der Waals surface area contributed by atoms with Gasteiger partial charge in [0.05, 0.1) is 25.7 Å². The molecule has 0 radical (unpaired) electrons. The zero-order valence-corrected chi connectivity index (χ0v) is 15.8. The van der Waals surface area contributed by atoms with E-state index >= 15 is 0 Å². The van der Waals surface area contributed by atoms with E-state index in [0.29, 0.717) is 13.0 Å². The summed E-state index contributed by atoms with van der Waals surface area (Å²) in [6.45, 7) is 5.76. The van der Waals surface area contributed by atoms with Crippen molar-refractivity contribution in [2.24, 2.45) is 0 Å². The van der Waals surface area contributed by atoms with Crippen LogP contribution in [0, 0.1) is 0 Å². The molecule has 1 aromatic carbocycles. The Bertz CT molecular complexity index is 711. The molecule has 1 aromatic heterocycles. The van der Waals surface area contributed by atoms with E-state index in [2.05, 4.69) is 20.6 Å². The van der Waals surface area contributed by atoms with Crippen molar-refractivity contribution in [1.29, 1.82) is 0 Å². The molecule has 1 heterocycles. The first-order valence-electron chi connectivity index (χ1n) is 8.69. The highest BCUT2D eigenvalue weighted by Crippen LogP contribution is 2.07. The number of benzene rings is 1. The Morgan fingerprint density at radius 2 is 1.96 bits per heavy atom. The number of rotatable bonds is 8. The zero-order valence-electron chi connectivity index (χ0n) is 15.8. The van der Waals surface area contributed by atoms with Crippen molar-refractivity contribution in [2.45, 2.75) is 45.4 Å². The van der Waals surface area contributed by atoms with E-state index in [1.54, 1.807) is 27.0 Å². The van der Waals surface area contributed by atoms with Gasteiger partial charge in [-0.1, -0.05) is 30.3 Å². The quantitative estimate of drug-likeness (QED) is 0.483. The molecule has 0 fully saturated rings. The minimum atomic E-state index is -0.783. The lowest BCUT2D eigenvalue weighted by molar-refractivity contribution is -0.123. The van der Waals surface area contributed by atoms with Gasteiger partial charge in [0.15, 0.2) is 0 Å². The van der Waals surface area contributed by atoms with Crippen LogP contribution in [0.3, 0.4) is 0 Å². The predicted molar refractivity (Wildman–Crippen MR) is 99.7 cm³/mol. The highest BCUT2D eigenvalue weighted by atomic mass is 16.6. The number of carbonyl (C=O) groups is 2. The molecule has 2 rings (SSSR count). The Labute approximate surface area is 158 Å². The molecule has 2 aromatic rings. The van der Waals surface area contributed by atoms with Crippen LogP contribution in [0.15, 0.2) is 42.9 Å². The molecule has 0 saturated heterocycles. The lowest BCUT2D eigenvalue weighted by atomic mass is 10.1. The average Bonchev–Trinajstić information content (AvgIpc) is 3.09. The molecule has 0 spiro atoms. The number of nitrogens with zero attached hydrogens (tertiary/aromatic N) is 1. The van der Waals surface area contributed by atoms with Crippen LogP contribution in [-0.4, -0.2) is 40.3 Å². The summed E-state index contributed by atoms with van der Waals surface area (Å²) in [6.07, 6.45) is 2.70. The maximum atomic E-state index is 12.5. The van der Waals surface area contributed by atoms with Crippen LogP contribution in [0.5, 0.6) is 0 Å². The minimum Gasteiger partial charge on any atom is -0.444 e. The standard InChI is InChI=1S/C19H26N4O4/c1-19(2,3)27-18(25)23-17(24)16(9-15-10-20-12-21-15)22-13-26-11-14-7-5-4-6-8-14/h4-8,10,12,16,22H,9,11,13H2,1-3H3,(H,20,21)(H,23,24,25)/t16-/m0/s1. The lowest BCUT2D eigenvalue weighted by Gasteiger charge is -2.21. The molecule has 8 heteroatoms. The van der Waals surface area contributed by atoms with Crippen molar-refractivity contribution in [2.75, 3.05) is 6.73 Å². The molecule has 0 saturated carbocycles. The van der Waals surface area contributed by atoms with Crippen LogP contribution >= 0.6 is 0 Å². The molecule has 2 amide bonds. The summed E-state index contributed by atoms with van der Waals surface area (Å²) in [7, 11) is 0. The molecular weight excluding hydrogens is 348 g/mol. The number of alkyl carbamates (subject to hydrolysis) is 1. The van der Waals surface area contributed by atoms with Crippen LogP contribution in [0.2, 0.25) is 0 Å². The number of imide groups is 1. The SMILES string of the molecule is CC(C)(C)OC(=O)NC(=O)[C@H](Cc1cnc[nH]1)NCOCc1ccccc1. The van der Waals surface area contributed by atoms with Crippen LogP contribution in [0.4, 0.5) is 4.79 Å². The normalized spacial score (nSPS) is 12.4. The highest BCUT2D eigenvalue weighted by Gasteiger charge is 2.24. The van der Waals surface area contributed by atoms with Gasteiger partial charge in [0.25, 0.3) is 0 Å². The van der Waals surface area contributed by atoms with E-state index in [4.69, 9.17) is 9.47 Å². The van der Waals surface area contributed by atoms with Crippen molar-refractivity contribution in [3.8, 4) is 0 Å². The molecular formula is C19H26N4O4. The van der Waals surface area contributed by atoms with E-state index in [9.17, 15) is 9.59 Å². The molecule has 0 unspecified atom stereocenters. The maximum absolute atomic E-state index is 12.5. The number of nitrogens with one attached hydrogen (secondary N) is 3. The Hall–Kier alpha value is -2.71. The third-order valence-electron chi connectivity index (χ3n) is 3.46. The number of aromatic amines is 1. The van der Waals surface area contributed by atoms with Gasteiger partial charge < -0.3 is 14.5 Å². The summed E-state index contributed by atoms with van der Waals surface area (Å²) in [6, 6.07) is 9.02. The number of amides is 2. The van der Waals surface area contributed by atoms with Crippen LogP contribution < -0.4 is 10.6 Å². The number of imidazole rings is 1. The van der Waals surface area contributed by atoms with Crippen molar-refractivity contribution in [1.82, 2.24) is 20.6 Å². The first kappa shape index (κ1) is 20.6. The average molecular weight is 374 g/mol. The molecule has 1 atom stereocenters.